The molecular formula is C14H18BrClN6O4. The highest BCUT2D eigenvalue weighted by atomic mass is 79.9. The lowest BCUT2D eigenvalue weighted by Gasteiger charge is -2.27. The number of anilines is 1. The summed E-state index contributed by atoms with van der Waals surface area (Å²) in [6.45, 7) is 3.15. The number of hydrogen-bond acceptors (Lipinski definition) is 9. The van der Waals surface area contributed by atoms with Crippen LogP contribution in [0.2, 0.25) is 5.28 Å². The van der Waals surface area contributed by atoms with Gasteiger partial charge in [0.2, 0.25) is 5.28 Å². The number of allylic oxidation sites excluding steroid dienone is 1. The maximum atomic E-state index is 11.2. The molecule has 12 heteroatoms. The minimum absolute atomic E-state index is 0.0279. The fraction of sp³-hybridized carbons (Fsp3) is 0.500. The van der Waals surface area contributed by atoms with Gasteiger partial charge in [0.15, 0.2) is 0 Å². The van der Waals surface area contributed by atoms with Gasteiger partial charge in [-0.1, -0.05) is 0 Å². The molecule has 142 valence electrons. The van der Waals surface area contributed by atoms with E-state index in [1.54, 1.807) is 6.92 Å². The quantitative estimate of drug-likeness (QED) is 0.130. The number of rotatable bonds is 9. The van der Waals surface area contributed by atoms with Crippen LogP contribution in [0.1, 0.15) is 13.3 Å². The summed E-state index contributed by atoms with van der Waals surface area (Å²) in [4.78, 5) is 18.4. The third-order valence-electron chi connectivity index (χ3n) is 3.39. The highest BCUT2D eigenvalue weighted by Crippen LogP contribution is 2.19. The van der Waals surface area contributed by atoms with Crippen LogP contribution in [0.15, 0.2) is 22.1 Å². The van der Waals surface area contributed by atoms with E-state index in [-0.39, 0.29) is 29.3 Å². The smallest absolute Gasteiger partial charge is 0.348 e. The van der Waals surface area contributed by atoms with E-state index in [0.717, 1.165) is 0 Å². The second kappa shape index (κ2) is 9.64. The monoisotopic (exact) mass is 448 g/mol. The summed E-state index contributed by atoms with van der Waals surface area (Å²) in [7, 11) is 0. The van der Waals surface area contributed by atoms with E-state index in [2.05, 4.69) is 36.5 Å². The van der Waals surface area contributed by atoms with E-state index in [9.17, 15) is 10.1 Å². The van der Waals surface area contributed by atoms with Crippen molar-refractivity contribution in [1.29, 1.82) is 5.41 Å². The molecule has 0 amide bonds. The van der Waals surface area contributed by atoms with Crippen LogP contribution in [0, 0.1) is 15.5 Å². The maximum Gasteiger partial charge on any atom is 0.348 e. The summed E-state index contributed by atoms with van der Waals surface area (Å²) in [6.07, 6.45) is 2.03. The first-order chi connectivity index (χ1) is 12.4. The lowest BCUT2D eigenvalue weighted by Crippen LogP contribution is -2.45. The Morgan fingerprint density at radius 1 is 1.62 bits per heavy atom. The van der Waals surface area contributed by atoms with E-state index >= 15 is 0 Å². The van der Waals surface area contributed by atoms with Gasteiger partial charge in [-0.25, -0.2) is 4.98 Å². The molecule has 1 aliphatic rings. The first-order valence-corrected chi connectivity index (χ1v) is 8.88. The number of ether oxygens (including phenoxy) is 2. The van der Waals surface area contributed by atoms with Crippen molar-refractivity contribution in [3.63, 3.8) is 0 Å². The SMILES string of the molecule is C/C(NC1COC1)=C(/C(=N)OCCCNc1nc(Cl)ncc1Br)[N+](=O)[O-]. The third kappa shape index (κ3) is 5.78. The van der Waals surface area contributed by atoms with Gasteiger partial charge in [0.05, 0.1) is 41.0 Å². The van der Waals surface area contributed by atoms with Crippen molar-refractivity contribution in [2.75, 3.05) is 31.7 Å². The van der Waals surface area contributed by atoms with Gasteiger partial charge in [0.1, 0.15) is 5.82 Å². The van der Waals surface area contributed by atoms with Gasteiger partial charge < -0.3 is 20.1 Å². The van der Waals surface area contributed by atoms with Gasteiger partial charge in [-0.2, -0.15) is 4.98 Å². The minimum Gasteiger partial charge on any atom is -0.473 e. The van der Waals surface area contributed by atoms with E-state index in [1.807, 2.05) is 0 Å². The predicted molar refractivity (Wildman–Crippen MR) is 99.0 cm³/mol. The van der Waals surface area contributed by atoms with Crippen molar-refractivity contribution in [1.82, 2.24) is 15.3 Å². The molecule has 1 aromatic rings. The molecule has 2 heterocycles. The van der Waals surface area contributed by atoms with Crippen molar-refractivity contribution in [2.45, 2.75) is 19.4 Å². The Morgan fingerprint density at radius 3 is 2.96 bits per heavy atom. The second-order valence-corrected chi connectivity index (χ2v) is 6.60. The van der Waals surface area contributed by atoms with Crippen LogP contribution in [0.4, 0.5) is 5.82 Å². The first kappa shape index (κ1) is 20.3. The molecular weight excluding hydrogens is 432 g/mol. The van der Waals surface area contributed by atoms with Crippen LogP contribution in [0.3, 0.4) is 0 Å². The maximum absolute atomic E-state index is 11.2. The van der Waals surface area contributed by atoms with E-state index in [4.69, 9.17) is 26.5 Å². The average Bonchev–Trinajstić information content (AvgIpc) is 2.53. The molecule has 0 unspecified atom stereocenters. The molecule has 0 bridgehead atoms. The van der Waals surface area contributed by atoms with Crippen molar-refractivity contribution in [3.8, 4) is 0 Å². The molecule has 0 saturated carbocycles. The van der Waals surface area contributed by atoms with E-state index in [0.29, 0.717) is 36.5 Å². The van der Waals surface area contributed by atoms with Gasteiger partial charge in [0.25, 0.3) is 5.90 Å². The van der Waals surface area contributed by atoms with Crippen molar-refractivity contribution < 1.29 is 14.4 Å². The molecule has 0 aromatic carbocycles. The van der Waals surface area contributed by atoms with Crippen LogP contribution in [-0.4, -0.2) is 53.2 Å². The number of halogens is 2. The molecule has 1 aliphatic heterocycles. The zero-order chi connectivity index (χ0) is 19.1. The highest BCUT2D eigenvalue weighted by Gasteiger charge is 2.27. The zero-order valence-electron chi connectivity index (χ0n) is 13.9. The Balaban J connectivity index is 1.79. The number of aromatic nitrogens is 2. The van der Waals surface area contributed by atoms with E-state index < -0.39 is 10.8 Å². The molecule has 0 spiro atoms. The van der Waals surface area contributed by atoms with Crippen LogP contribution in [-0.2, 0) is 9.47 Å². The molecule has 0 aliphatic carbocycles. The highest BCUT2D eigenvalue weighted by molar-refractivity contribution is 9.10. The lowest BCUT2D eigenvalue weighted by molar-refractivity contribution is -0.418. The summed E-state index contributed by atoms with van der Waals surface area (Å²) in [5.41, 5.74) is -0.0961. The van der Waals surface area contributed by atoms with Crippen LogP contribution in [0.5, 0.6) is 0 Å². The third-order valence-corrected chi connectivity index (χ3v) is 4.15. The summed E-state index contributed by atoms with van der Waals surface area (Å²) >= 11 is 9.02. The fourth-order valence-electron chi connectivity index (χ4n) is 2.07. The van der Waals surface area contributed by atoms with Crippen LogP contribution in [0.25, 0.3) is 0 Å². The Morgan fingerprint density at radius 2 is 2.35 bits per heavy atom. The number of hydrogen-bond donors (Lipinski definition) is 3. The molecule has 3 N–H and O–H groups in total. The molecule has 0 radical (unpaired) electrons. The second-order valence-electron chi connectivity index (χ2n) is 5.40. The molecule has 26 heavy (non-hydrogen) atoms. The zero-order valence-corrected chi connectivity index (χ0v) is 16.3. The summed E-state index contributed by atoms with van der Waals surface area (Å²) in [6, 6.07) is 0.0279. The number of nitro groups is 1. The normalized spacial score (nSPS) is 14.9. The summed E-state index contributed by atoms with van der Waals surface area (Å²) in [5, 5.41) is 25.2. The Bertz CT molecular complexity index is 713. The Kier molecular flexibility index (Phi) is 7.54. The molecule has 1 fully saturated rings. The van der Waals surface area contributed by atoms with Crippen molar-refractivity contribution >= 4 is 39.2 Å². The number of nitrogens with zero attached hydrogens (tertiary/aromatic N) is 3. The van der Waals surface area contributed by atoms with Crippen LogP contribution >= 0.6 is 27.5 Å². The Labute approximate surface area is 163 Å². The Hall–Kier alpha value is -1.98. The largest absolute Gasteiger partial charge is 0.473 e. The topological polar surface area (TPSA) is 135 Å². The minimum atomic E-state index is -0.623. The van der Waals surface area contributed by atoms with E-state index in [1.165, 1.54) is 6.20 Å². The molecule has 0 atom stereocenters. The predicted octanol–water partition coefficient (Wildman–Crippen LogP) is 2.18. The summed E-state index contributed by atoms with van der Waals surface area (Å²) in [5.74, 6) is 0.0558. The number of nitrogens with one attached hydrogen (secondary N) is 3. The lowest BCUT2D eigenvalue weighted by atomic mass is 10.2. The molecule has 1 saturated heterocycles. The van der Waals surface area contributed by atoms with Gasteiger partial charge in [-0.15, -0.1) is 0 Å². The fourth-order valence-corrected chi connectivity index (χ4v) is 2.54. The van der Waals surface area contributed by atoms with Crippen LogP contribution < -0.4 is 10.6 Å². The molecule has 2 rings (SSSR count). The molecule has 10 nitrogen and oxygen atoms in total. The van der Waals surface area contributed by atoms with Gasteiger partial charge in [0, 0.05) is 12.7 Å². The van der Waals surface area contributed by atoms with Gasteiger partial charge in [-0.3, -0.25) is 15.5 Å². The van der Waals surface area contributed by atoms with Crippen molar-refractivity contribution in [2.24, 2.45) is 0 Å². The average molecular weight is 450 g/mol. The standard InChI is InChI=1S/C14H18BrClN6O4/c1-8(20-9-6-25-7-9)11(22(23)24)12(17)26-4-2-3-18-13-10(15)5-19-14(16)21-13/h5,9,17,20H,2-4,6-7H2,1H3,(H,18,19,21)/b11-8+,17-12?. The van der Waals surface area contributed by atoms with Crippen molar-refractivity contribution in [3.05, 3.63) is 37.5 Å². The summed E-state index contributed by atoms with van der Waals surface area (Å²) < 4.78 is 10.9. The van der Waals surface area contributed by atoms with Gasteiger partial charge >= 0.3 is 5.70 Å². The first-order valence-electron chi connectivity index (χ1n) is 7.71. The molecule has 1 aromatic heterocycles. The van der Waals surface area contributed by atoms with Gasteiger partial charge in [-0.05, 0) is 40.9 Å².